The predicted octanol–water partition coefficient (Wildman–Crippen LogP) is 3.42. The van der Waals surface area contributed by atoms with Gasteiger partial charge < -0.3 is 15.2 Å². The number of aliphatic hydroxyl groups is 1. The third-order valence-electron chi connectivity index (χ3n) is 5.87. The quantitative estimate of drug-likeness (QED) is 0.491. The third kappa shape index (κ3) is 6.80. The Morgan fingerprint density at radius 3 is 2.44 bits per heavy atom. The van der Waals surface area contributed by atoms with E-state index in [-0.39, 0.29) is 28.2 Å². The standard InChI is InChI=1S/C24H36N4O5S/c1-23(2,3)20-14-21(28(27-20)12-11-16-7-6-8-16)26-22(29)18-13-17(34(25,31)32)9-10-19(18)33-15-24(4,5)30/h9-10,13-14,16,30H,6-8,11-12,15H2,1-5H3,(H,26,29)(H2,25,31,32). The van der Waals surface area contributed by atoms with Crippen molar-refractivity contribution in [3.05, 3.63) is 35.5 Å². The van der Waals surface area contributed by atoms with Gasteiger partial charge in [-0.05, 0) is 44.4 Å². The summed E-state index contributed by atoms with van der Waals surface area (Å²) in [6, 6.07) is 5.67. The molecule has 0 spiro atoms. The van der Waals surface area contributed by atoms with E-state index < -0.39 is 21.5 Å². The van der Waals surface area contributed by atoms with Gasteiger partial charge >= 0.3 is 0 Å². The molecule has 1 heterocycles. The van der Waals surface area contributed by atoms with Crippen molar-refractivity contribution >= 4 is 21.7 Å². The van der Waals surface area contributed by atoms with Crippen molar-refractivity contribution in [2.75, 3.05) is 11.9 Å². The van der Waals surface area contributed by atoms with Gasteiger partial charge in [0.15, 0.2) is 0 Å². The lowest BCUT2D eigenvalue weighted by atomic mass is 9.83. The van der Waals surface area contributed by atoms with Crippen molar-refractivity contribution in [2.45, 2.75) is 82.8 Å². The third-order valence-corrected chi connectivity index (χ3v) is 6.78. The highest BCUT2D eigenvalue weighted by molar-refractivity contribution is 7.89. The number of nitrogens with two attached hydrogens (primary N) is 1. The van der Waals surface area contributed by atoms with Gasteiger partial charge in [0.1, 0.15) is 18.2 Å². The lowest BCUT2D eigenvalue weighted by Crippen LogP contribution is -2.28. The van der Waals surface area contributed by atoms with Crippen LogP contribution in [0.4, 0.5) is 5.82 Å². The van der Waals surface area contributed by atoms with Crippen LogP contribution in [0.25, 0.3) is 0 Å². The summed E-state index contributed by atoms with van der Waals surface area (Å²) in [4.78, 5) is 13.1. The molecule has 0 unspecified atom stereocenters. The Morgan fingerprint density at radius 2 is 1.91 bits per heavy atom. The van der Waals surface area contributed by atoms with E-state index in [0.717, 1.165) is 12.1 Å². The molecule has 188 valence electrons. The van der Waals surface area contributed by atoms with Crippen molar-refractivity contribution in [1.82, 2.24) is 9.78 Å². The van der Waals surface area contributed by atoms with E-state index in [1.807, 2.05) is 6.07 Å². The molecule has 3 rings (SSSR count). The van der Waals surface area contributed by atoms with E-state index in [2.05, 4.69) is 26.1 Å². The lowest BCUT2D eigenvalue weighted by molar-refractivity contribution is 0.0281. The molecule has 1 amide bonds. The molecular formula is C24H36N4O5S. The van der Waals surface area contributed by atoms with Gasteiger partial charge in [-0.2, -0.15) is 5.10 Å². The van der Waals surface area contributed by atoms with Gasteiger partial charge in [-0.25, -0.2) is 18.2 Å². The Kier molecular flexibility index (Phi) is 7.45. The van der Waals surface area contributed by atoms with Crippen molar-refractivity contribution in [3.8, 4) is 5.75 Å². The van der Waals surface area contributed by atoms with Gasteiger partial charge in [0, 0.05) is 18.0 Å². The van der Waals surface area contributed by atoms with E-state index in [0.29, 0.717) is 18.3 Å². The normalized spacial score (nSPS) is 15.1. The van der Waals surface area contributed by atoms with Crippen LogP contribution in [0.1, 0.15) is 76.4 Å². The molecule has 1 aliphatic rings. The number of nitrogens with zero attached hydrogens (tertiary/aromatic N) is 2. The topological polar surface area (TPSA) is 137 Å². The molecule has 9 nitrogen and oxygen atoms in total. The molecule has 0 atom stereocenters. The molecule has 2 aromatic rings. The number of sulfonamides is 1. The molecule has 1 aromatic carbocycles. The lowest BCUT2D eigenvalue weighted by Gasteiger charge is -2.25. The number of hydrogen-bond donors (Lipinski definition) is 3. The van der Waals surface area contributed by atoms with E-state index in [1.54, 1.807) is 18.5 Å². The smallest absolute Gasteiger partial charge is 0.260 e. The zero-order valence-corrected chi connectivity index (χ0v) is 21.4. The van der Waals surface area contributed by atoms with Gasteiger partial charge in [-0.15, -0.1) is 0 Å². The molecule has 0 radical (unpaired) electrons. The van der Waals surface area contributed by atoms with Crippen LogP contribution < -0.4 is 15.2 Å². The molecule has 4 N–H and O–H groups in total. The summed E-state index contributed by atoms with van der Waals surface area (Å²) in [5, 5.41) is 22.9. The fourth-order valence-electron chi connectivity index (χ4n) is 3.57. The summed E-state index contributed by atoms with van der Waals surface area (Å²) in [6.45, 7) is 9.88. The maximum Gasteiger partial charge on any atom is 0.260 e. The summed E-state index contributed by atoms with van der Waals surface area (Å²) in [5.74, 6) is 0.799. The molecule has 1 saturated carbocycles. The number of hydrogen-bond acceptors (Lipinski definition) is 6. The van der Waals surface area contributed by atoms with Crippen LogP contribution in [0.15, 0.2) is 29.2 Å². The van der Waals surface area contributed by atoms with Gasteiger partial charge in [0.25, 0.3) is 5.91 Å². The highest BCUT2D eigenvalue weighted by Gasteiger charge is 2.25. The van der Waals surface area contributed by atoms with Crippen molar-refractivity contribution in [1.29, 1.82) is 0 Å². The molecule has 10 heteroatoms. The number of primary sulfonamides is 1. The Morgan fingerprint density at radius 1 is 1.24 bits per heavy atom. The highest BCUT2D eigenvalue weighted by atomic mass is 32.2. The van der Waals surface area contributed by atoms with Crippen LogP contribution in [0.2, 0.25) is 0 Å². The van der Waals surface area contributed by atoms with Crippen LogP contribution in [0.5, 0.6) is 5.75 Å². The number of nitrogens with one attached hydrogen (secondary N) is 1. The highest BCUT2D eigenvalue weighted by Crippen LogP contribution is 2.31. The first-order valence-electron chi connectivity index (χ1n) is 11.6. The minimum absolute atomic E-state index is 0.000161. The fraction of sp³-hybridized carbons (Fsp3) is 0.583. The molecule has 34 heavy (non-hydrogen) atoms. The Balaban J connectivity index is 1.92. The summed E-state index contributed by atoms with van der Waals surface area (Å²) in [6.07, 6.45) is 4.68. The van der Waals surface area contributed by atoms with E-state index >= 15 is 0 Å². The van der Waals surface area contributed by atoms with Crippen LogP contribution in [-0.2, 0) is 22.0 Å². The Hall–Kier alpha value is -2.43. The minimum Gasteiger partial charge on any atom is -0.490 e. The van der Waals surface area contributed by atoms with Crippen LogP contribution in [0.3, 0.4) is 0 Å². The van der Waals surface area contributed by atoms with Gasteiger partial charge in [-0.1, -0.05) is 40.0 Å². The number of ether oxygens (including phenoxy) is 1. The number of anilines is 1. The SMILES string of the molecule is CC(C)(O)COc1ccc(S(N)(=O)=O)cc1C(=O)Nc1cc(C(C)(C)C)nn1CCC1CCC1. The average molecular weight is 493 g/mol. The van der Waals surface area contributed by atoms with Gasteiger partial charge in [0.05, 0.1) is 21.8 Å². The number of aromatic nitrogens is 2. The second-order valence-corrected chi connectivity index (χ2v) is 12.3. The number of benzene rings is 1. The Labute approximate surface area is 201 Å². The number of carbonyl (C=O) groups is 1. The van der Waals surface area contributed by atoms with Crippen molar-refractivity contribution < 1.29 is 23.1 Å². The van der Waals surface area contributed by atoms with Gasteiger partial charge in [0.2, 0.25) is 10.0 Å². The van der Waals surface area contributed by atoms with Crippen molar-refractivity contribution in [3.63, 3.8) is 0 Å². The summed E-state index contributed by atoms with van der Waals surface area (Å²) in [7, 11) is -4.03. The first-order valence-corrected chi connectivity index (χ1v) is 13.1. The number of rotatable bonds is 9. The zero-order chi connectivity index (χ0) is 25.3. The summed E-state index contributed by atoms with van der Waals surface area (Å²) in [5.41, 5.74) is -0.517. The second-order valence-electron chi connectivity index (χ2n) is 10.7. The molecule has 0 saturated heterocycles. The van der Waals surface area contributed by atoms with E-state index in [1.165, 1.54) is 37.5 Å². The maximum atomic E-state index is 13.3. The van der Waals surface area contributed by atoms with Gasteiger partial charge in [-0.3, -0.25) is 4.79 Å². The maximum absolute atomic E-state index is 13.3. The molecule has 1 aliphatic carbocycles. The van der Waals surface area contributed by atoms with Crippen LogP contribution in [0, 0.1) is 5.92 Å². The Bertz CT molecular complexity index is 1140. The monoisotopic (exact) mass is 492 g/mol. The first-order chi connectivity index (χ1) is 15.6. The van der Waals surface area contributed by atoms with E-state index in [4.69, 9.17) is 15.0 Å². The summed E-state index contributed by atoms with van der Waals surface area (Å²) < 4.78 is 31.2. The number of amides is 1. The van der Waals surface area contributed by atoms with Crippen LogP contribution in [-0.4, -0.2) is 41.4 Å². The molecular weight excluding hydrogens is 456 g/mol. The van der Waals surface area contributed by atoms with Crippen molar-refractivity contribution in [2.24, 2.45) is 11.1 Å². The molecule has 0 bridgehead atoms. The minimum atomic E-state index is -4.03. The zero-order valence-electron chi connectivity index (χ0n) is 20.6. The summed E-state index contributed by atoms with van der Waals surface area (Å²) >= 11 is 0. The number of carbonyl (C=O) groups excluding carboxylic acids is 1. The largest absolute Gasteiger partial charge is 0.490 e. The molecule has 1 aromatic heterocycles. The first kappa shape index (κ1) is 26.2. The van der Waals surface area contributed by atoms with Crippen LogP contribution >= 0.6 is 0 Å². The number of aryl methyl sites for hydroxylation is 1. The second kappa shape index (κ2) is 9.67. The molecule has 0 aliphatic heterocycles. The predicted molar refractivity (Wildman–Crippen MR) is 130 cm³/mol. The fourth-order valence-corrected chi connectivity index (χ4v) is 4.11. The molecule has 1 fully saturated rings. The average Bonchev–Trinajstić information content (AvgIpc) is 3.07. The van der Waals surface area contributed by atoms with E-state index in [9.17, 15) is 18.3 Å².